The summed E-state index contributed by atoms with van der Waals surface area (Å²) < 4.78 is 7.96. The van der Waals surface area contributed by atoms with Crippen molar-refractivity contribution in [3.05, 3.63) is 46.7 Å². The van der Waals surface area contributed by atoms with Gasteiger partial charge in [-0.25, -0.2) is 9.48 Å². The van der Waals surface area contributed by atoms with Crippen LogP contribution in [-0.2, 0) is 11.3 Å². The Hall–Kier alpha value is -1.82. The van der Waals surface area contributed by atoms with Crippen molar-refractivity contribution in [3.63, 3.8) is 0 Å². The Bertz CT molecular complexity index is 615. The Balaban J connectivity index is 1.94. The molecule has 0 radical (unpaired) electrons. The highest BCUT2D eigenvalue weighted by Gasteiger charge is 2.15. The smallest absolute Gasteiger partial charge is 0.407 e. The number of benzene rings is 1. The van der Waals surface area contributed by atoms with E-state index in [1.165, 1.54) is 0 Å². The number of nitrogens with one attached hydrogen (secondary N) is 1. The van der Waals surface area contributed by atoms with Gasteiger partial charge in [0.15, 0.2) is 0 Å². The molecule has 112 valence electrons. The van der Waals surface area contributed by atoms with Gasteiger partial charge in [-0.3, -0.25) is 0 Å². The van der Waals surface area contributed by atoms with Crippen molar-refractivity contribution in [2.45, 2.75) is 32.9 Å². The number of carbonyl (C=O) groups excluding carboxylic acids is 1. The predicted octanol–water partition coefficient (Wildman–Crippen LogP) is 3.66. The topological polar surface area (TPSA) is 56.1 Å². The second-order valence-electron chi connectivity index (χ2n) is 5.63. The second kappa shape index (κ2) is 6.30. The van der Waals surface area contributed by atoms with Gasteiger partial charge in [-0.15, -0.1) is 0 Å². The van der Waals surface area contributed by atoms with E-state index in [9.17, 15) is 4.79 Å². The van der Waals surface area contributed by atoms with Gasteiger partial charge < -0.3 is 10.1 Å². The number of nitrogens with zero attached hydrogens (tertiary/aromatic N) is 2. The molecule has 1 heterocycles. The SMILES string of the molecule is CC(C)(C)OC(=O)NCc1cnn(-c2ccc(Br)cc2)c1. The molecule has 0 spiro atoms. The van der Waals surface area contributed by atoms with E-state index in [1.54, 1.807) is 10.9 Å². The van der Waals surface area contributed by atoms with Crippen molar-refractivity contribution in [1.82, 2.24) is 15.1 Å². The summed E-state index contributed by atoms with van der Waals surface area (Å²) in [5.74, 6) is 0. The van der Waals surface area contributed by atoms with Crippen molar-refractivity contribution < 1.29 is 9.53 Å². The van der Waals surface area contributed by atoms with Crippen LogP contribution in [0.5, 0.6) is 0 Å². The fraction of sp³-hybridized carbons (Fsp3) is 0.333. The molecule has 0 aliphatic carbocycles. The zero-order chi connectivity index (χ0) is 15.5. The van der Waals surface area contributed by atoms with E-state index in [2.05, 4.69) is 26.3 Å². The molecule has 2 aromatic rings. The first-order valence-corrected chi connectivity index (χ1v) is 7.39. The maximum atomic E-state index is 11.6. The zero-order valence-corrected chi connectivity index (χ0v) is 13.8. The lowest BCUT2D eigenvalue weighted by molar-refractivity contribution is 0.0523. The number of hydrogen-bond acceptors (Lipinski definition) is 3. The Kier molecular flexibility index (Phi) is 4.67. The van der Waals surface area contributed by atoms with Gasteiger partial charge in [-0.05, 0) is 45.0 Å². The molecule has 0 saturated heterocycles. The third-order valence-electron chi connectivity index (χ3n) is 2.56. The first-order chi connectivity index (χ1) is 9.83. The molecule has 0 bridgehead atoms. The van der Waals surface area contributed by atoms with E-state index in [0.717, 1.165) is 15.7 Å². The lowest BCUT2D eigenvalue weighted by atomic mass is 10.2. The molecule has 0 fully saturated rings. The molecule has 0 atom stereocenters. The molecule has 1 amide bonds. The van der Waals surface area contributed by atoms with Crippen LogP contribution in [0.4, 0.5) is 4.79 Å². The van der Waals surface area contributed by atoms with Crippen LogP contribution in [0.15, 0.2) is 41.1 Å². The van der Waals surface area contributed by atoms with E-state index >= 15 is 0 Å². The van der Waals surface area contributed by atoms with Crippen LogP contribution in [0.1, 0.15) is 26.3 Å². The van der Waals surface area contributed by atoms with Crippen LogP contribution in [0, 0.1) is 0 Å². The zero-order valence-electron chi connectivity index (χ0n) is 12.3. The molecular formula is C15H18BrN3O2. The number of carbonyl (C=O) groups is 1. The minimum absolute atomic E-state index is 0.380. The average molecular weight is 352 g/mol. The molecule has 1 N–H and O–H groups in total. The van der Waals surface area contributed by atoms with Crippen LogP contribution in [-0.4, -0.2) is 21.5 Å². The van der Waals surface area contributed by atoms with Crippen molar-refractivity contribution >= 4 is 22.0 Å². The number of alkyl carbamates (subject to hydrolysis) is 1. The predicted molar refractivity (Wildman–Crippen MR) is 84.3 cm³/mol. The summed E-state index contributed by atoms with van der Waals surface area (Å²) in [4.78, 5) is 11.6. The van der Waals surface area contributed by atoms with Gasteiger partial charge in [-0.1, -0.05) is 15.9 Å². The number of hydrogen-bond donors (Lipinski definition) is 1. The molecule has 5 nitrogen and oxygen atoms in total. The van der Waals surface area contributed by atoms with Crippen LogP contribution >= 0.6 is 15.9 Å². The molecule has 0 aliphatic heterocycles. The molecular weight excluding hydrogens is 334 g/mol. The summed E-state index contributed by atoms with van der Waals surface area (Å²) in [5, 5.41) is 6.99. The summed E-state index contributed by atoms with van der Waals surface area (Å²) in [6.07, 6.45) is 3.17. The monoisotopic (exact) mass is 351 g/mol. The number of halogens is 1. The van der Waals surface area contributed by atoms with Gasteiger partial charge in [-0.2, -0.15) is 5.10 Å². The maximum Gasteiger partial charge on any atom is 0.407 e. The lowest BCUT2D eigenvalue weighted by Crippen LogP contribution is -2.32. The Labute approximate surface area is 132 Å². The van der Waals surface area contributed by atoms with Crippen LogP contribution in [0.2, 0.25) is 0 Å². The summed E-state index contributed by atoms with van der Waals surface area (Å²) >= 11 is 3.40. The number of amides is 1. The third-order valence-corrected chi connectivity index (χ3v) is 3.09. The van der Waals surface area contributed by atoms with Gasteiger partial charge in [0, 0.05) is 22.8 Å². The van der Waals surface area contributed by atoms with E-state index in [0.29, 0.717) is 6.54 Å². The number of aromatic nitrogens is 2. The molecule has 2 rings (SSSR count). The molecule has 1 aromatic heterocycles. The molecule has 0 saturated carbocycles. The fourth-order valence-corrected chi connectivity index (χ4v) is 1.94. The van der Waals surface area contributed by atoms with Gasteiger partial charge >= 0.3 is 6.09 Å². The summed E-state index contributed by atoms with van der Waals surface area (Å²) in [5.41, 5.74) is 1.37. The van der Waals surface area contributed by atoms with E-state index in [4.69, 9.17) is 4.74 Å². The molecule has 6 heteroatoms. The van der Waals surface area contributed by atoms with Gasteiger partial charge in [0.25, 0.3) is 0 Å². The van der Waals surface area contributed by atoms with Crippen molar-refractivity contribution in [3.8, 4) is 5.69 Å². The van der Waals surface area contributed by atoms with Crippen LogP contribution < -0.4 is 5.32 Å². The van der Waals surface area contributed by atoms with Gasteiger partial charge in [0.1, 0.15) is 5.60 Å². The second-order valence-corrected chi connectivity index (χ2v) is 6.54. The van der Waals surface area contributed by atoms with E-state index in [1.807, 2.05) is 51.2 Å². The Morgan fingerprint density at radius 1 is 1.33 bits per heavy atom. The maximum absolute atomic E-state index is 11.6. The summed E-state index contributed by atoms with van der Waals surface area (Å²) in [7, 11) is 0. The largest absolute Gasteiger partial charge is 0.444 e. The third kappa shape index (κ3) is 4.90. The van der Waals surface area contributed by atoms with Crippen molar-refractivity contribution in [2.75, 3.05) is 0 Å². The molecule has 21 heavy (non-hydrogen) atoms. The summed E-state index contributed by atoms with van der Waals surface area (Å²) in [6, 6.07) is 7.83. The minimum Gasteiger partial charge on any atom is -0.444 e. The Morgan fingerprint density at radius 3 is 2.62 bits per heavy atom. The first-order valence-electron chi connectivity index (χ1n) is 6.60. The Morgan fingerprint density at radius 2 is 2.00 bits per heavy atom. The normalized spacial score (nSPS) is 11.2. The average Bonchev–Trinajstić information content (AvgIpc) is 2.84. The minimum atomic E-state index is -0.494. The highest BCUT2D eigenvalue weighted by atomic mass is 79.9. The highest BCUT2D eigenvalue weighted by molar-refractivity contribution is 9.10. The number of rotatable bonds is 3. The lowest BCUT2D eigenvalue weighted by Gasteiger charge is -2.19. The molecule has 0 unspecified atom stereocenters. The van der Waals surface area contributed by atoms with Gasteiger partial charge in [0.05, 0.1) is 11.9 Å². The van der Waals surface area contributed by atoms with Crippen LogP contribution in [0.25, 0.3) is 5.69 Å². The number of ether oxygens (including phenoxy) is 1. The van der Waals surface area contributed by atoms with Crippen molar-refractivity contribution in [1.29, 1.82) is 0 Å². The quantitative estimate of drug-likeness (QED) is 0.917. The van der Waals surface area contributed by atoms with E-state index < -0.39 is 11.7 Å². The fourth-order valence-electron chi connectivity index (χ4n) is 1.67. The molecule has 1 aromatic carbocycles. The van der Waals surface area contributed by atoms with Gasteiger partial charge in [0.2, 0.25) is 0 Å². The van der Waals surface area contributed by atoms with Crippen molar-refractivity contribution in [2.24, 2.45) is 0 Å². The summed E-state index contributed by atoms with van der Waals surface area (Å²) in [6.45, 7) is 5.87. The standard InChI is InChI=1S/C15H18BrN3O2/c1-15(2,3)21-14(20)17-8-11-9-18-19(10-11)13-6-4-12(16)5-7-13/h4-7,9-10H,8H2,1-3H3,(H,17,20). The van der Waals surface area contributed by atoms with E-state index in [-0.39, 0.29) is 0 Å². The first kappa shape index (κ1) is 15.6. The van der Waals surface area contributed by atoms with Crippen LogP contribution in [0.3, 0.4) is 0 Å². The molecule has 0 aliphatic rings. The highest BCUT2D eigenvalue weighted by Crippen LogP contribution is 2.14.